The zero-order valence-corrected chi connectivity index (χ0v) is 12.3. The van der Waals surface area contributed by atoms with E-state index in [0.717, 1.165) is 18.7 Å². The molecule has 0 bridgehead atoms. The Labute approximate surface area is 121 Å². The normalized spacial score (nSPS) is 20.4. The molecule has 1 amide bonds. The molecular weight excluding hydrogens is 252 g/mol. The summed E-state index contributed by atoms with van der Waals surface area (Å²) < 4.78 is 0. The van der Waals surface area contributed by atoms with Crippen LogP contribution in [-0.2, 0) is 4.79 Å². The molecule has 1 aliphatic rings. The number of aliphatic hydroxyl groups is 1. The first-order valence-electron chi connectivity index (χ1n) is 7.43. The van der Waals surface area contributed by atoms with E-state index in [9.17, 15) is 9.90 Å². The lowest BCUT2D eigenvalue weighted by atomic mass is 10.0. The predicted molar refractivity (Wildman–Crippen MR) is 79.3 cm³/mol. The quantitative estimate of drug-likeness (QED) is 0.889. The number of benzene rings is 1. The number of nitrogens with zero attached hydrogens (tertiary/aromatic N) is 2. The molecule has 110 valence electrons. The van der Waals surface area contributed by atoms with Crippen LogP contribution in [0.15, 0.2) is 30.3 Å². The standard InChI is InChI=1S/C16H24N2O2/c1-3-17(4-2)15(13-8-6-5-7-9-13)16(20)18-11-10-14(19)12-18/h5-9,14-15,19H,3-4,10-12H2,1-2H3/t14-,15?/m1/s1. The number of carbonyl (C=O) groups is 1. The van der Waals surface area contributed by atoms with Gasteiger partial charge in [0.15, 0.2) is 0 Å². The van der Waals surface area contributed by atoms with Crippen LogP contribution in [0, 0.1) is 0 Å². The molecule has 1 aliphatic heterocycles. The van der Waals surface area contributed by atoms with Crippen LogP contribution in [0.1, 0.15) is 31.9 Å². The average molecular weight is 276 g/mol. The van der Waals surface area contributed by atoms with Gasteiger partial charge in [-0.3, -0.25) is 9.69 Å². The Kier molecular flexibility index (Phi) is 5.15. The lowest BCUT2D eigenvalue weighted by molar-refractivity contribution is -0.136. The van der Waals surface area contributed by atoms with Crippen LogP contribution in [0.5, 0.6) is 0 Å². The number of likely N-dealkylation sites (tertiary alicyclic amines) is 1. The van der Waals surface area contributed by atoms with Gasteiger partial charge < -0.3 is 10.0 Å². The van der Waals surface area contributed by atoms with Crippen LogP contribution in [0.4, 0.5) is 0 Å². The third-order valence-electron chi connectivity index (χ3n) is 4.00. The molecule has 1 N–H and O–H groups in total. The van der Waals surface area contributed by atoms with Crippen molar-refractivity contribution in [3.05, 3.63) is 35.9 Å². The van der Waals surface area contributed by atoms with Gasteiger partial charge in [-0.05, 0) is 25.1 Å². The Morgan fingerprint density at radius 2 is 2.00 bits per heavy atom. The third kappa shape index (κ3) is 3.19. The van der Waals surface area contributed by atoms with E-state index in [4.69, 9.17) is 0 Å². The SMILES string of the molecule is CCN(CC)C(C(=O)N1CC[C@@H](O)C1)c1ccccc1. The van der Waals surface area contributed by atoms with Crippen molar-refractivity contribution in [1.29, 1.82) is 0 Å². The Bertz CT molecular complexity index is 431. The molecule has 1 heterocycles. The van der Waals surface area contributed by atoms with Crippen molar-refractivity contribution in [1.82, 2.24) is 9.80 Å². The van der Waals surface area contributed by atoms with E-state index < -0.39 is 0 Å². The van der Waals surface area contributed by atoms with E-state index in [-0.39, 0.29) is 18.1 Å². The van der Waals surface area contributed by atoms with Crippen molar-refractivity contribution in [3.8, 4) is 0 Å². The van der Waals surface area contributed by atoms with Crippen molar-refractivity contribution in [2.75, 3.05) is 26.2 Å². The Morgan fingerprint density at radius 1 is 1.35 bits per heavy atom. The summed E-state index contributed by atoms with van der Waals surface area (Å²) in [5, 5.41) is 9.65. The zero-order chi connectivity index (χ0) is 14.5. The fourth-order valence-corrected chi connectivity index (χ4v) is 2.85. The smallest absolute Gasteiger partial charge is 0.244 e. The maximum atomic E-state index is 12.8. The van der Waals surface area contributed by atoms with Crippen molar-refractivity contribution < 1.29 is 9.90 Å². The van der Waals surface area contributed by atoms with Crippen molar-refractivity contribution >= 4 is 5.91 Å². The summed E-state index contributed by atoms with van der Waals surface area (Å²) in [5.41, 5.74) is 1.03. The van der Waals surface area contributed by atoms with Crippen LogP contribution < -0.4 is 0 Å². The summed E-state index contributed by atoms with van der Waals surface area (Å²) in [7, 11) is 0. The van der Waals surface area contributed by atoms with Crippen LogP contribution in [0.25, 0.3) is 0 Å². The minimum absolute atomic E-state index is 0.108. The second kappa shape index (κ2) is 6.86. The lowest BCUT2D eigenvalue weighted by Gasteiger charge is -2.32. The maximum Gasteiger partial charge on any atom is 0.244 e. The average Bonchev–Trinajstić information content (AvgIpc) is 2.91. The molecule has 1 aromatic carbocycles. The Hall–Kier alpha value is -1.39. The summed E-state index contributed by atoms with van der Waals surface area (Å²) in [4.78, 5) is 16.8. The van der Waals surface area contributed by atoms with Gasteiger partial charge in [-0.1, -0.05) is 44.2 Å². The molecule has 1 saturated heterocycles. The number of β-amino-alcohol motifs (C(OH)–C–C–N with tert-alkyl or cyclic N) is 1. The Balaban J connectivity index is 2.24. The number of hydrogen-bond acceptors (Lipinski definition) is 3. The summed E-state index contributed by atoms with van der Waals surface area (Å²) in [5.74, 6) is 0.108. The highest BCUT2D eigenvalue weighted by Crippen LogP contribution is 2.25. The number of carbonyl (C=O) groups excluding carboxylic acids is 1. The molecule has 2 atom stereocenters. The first-order valence-corrected chi connectivity index (χ1v) is 7.43. The number of amides is 1. The van der Waals surface area contributed by atoms with Crippen molar-refractivity contribution in [3.63, 3.8) is 0 Å². The van der Waals surface area contributed by atoms with Crippen LogP contribution in [0.2, 0.25) is 0 Å². The van der Waals surface area contributed by atoms with Crippen LogP contribution in [-0.4, -0.2) is 53.1 Å². The molecule has 0 saturated carbocycles. The van der Waals surface area contributed by atoms with E-state index in [1.807, 2.05) is 30.3 Å². The monoisotopic (exact) mass is 276 g/mol. The minimum atomic E-state index is -0.368. The molecule has 1 fully saturated rings. The molecule has 2 rings (SSSR count). The Morgan fingerprint density at radius 3 is 2.50 bits per heavy atom. The van der Waals surface area contributed by atoms with Gasteiger partial charge >= 0.3 is 0 Å². The molecule has 0 aliphatic carbocycles. The number of likely N-dealkylation sites (N-methyl/N-ethyl adjacent to an activating group) is 1. The van der Waals surface area contributed by atoms with Gasteiger partial charge in [0.05, 0.1) is 6.10 Å². The first kappa shape index (κ1) is 15.0. The van der Waals surface area contributed by atoms with E-state index in [1.165, 1.54) is 0 Å². The highest BCUT2D eigenvalue weighted by Gasteiger charge is 2.33. The van der Waals surface area contributed by atoms with Gasteiger partial charge in [-0.25, -0.2) is 0 Å². The largest absolute Gasteiger partial charge is 0.391 e. The van der Waals surface area contributed by atoms with E-state index in [0.29, 0.717) is 19.5 Å². The predicted octanol–water partition coefficient (Wildman–Crippen LogP) is 1.66. The van der Waals surface area contributed by atoms with E-state index >= 15 is 0 Å². The molecule has 1 aromatic rings. The van der Waals surface area contributed by atoms with E-state index in [2.05, 4.69) is 18.7 Å². The summed E-state index contributed by atoms with van der Waals surface area (Å²) in [6, 6.07) is 9.68. The van der Waals surface area contributed by atoms with Gasteiger partial charge in [0.25, 0.3) is 0 Å². The highest BCUT2D eigenvalue weighted by molar-refractivity contribution is 5.83. The maximum absolute atomic E-state index is 12.8. The highest BCUT2D eigenvalue weighted by atomic mass is 16.3. The number of hydrogen-bond donors (Lipinski definition) is 1. The summed E-state index contributed by atoms with van der Waals surface area (Å²) in [6.45, 7) is 6.93. The van der Waals surface area contributed by atoms with Crippen LogP contribution in [0.3, 0.4) is 0 Å². The van der Waals surface area contributed by atoms with E-state index in [1.54, 1.807) is 4.90 Å². The first-order chi connectivity index (χ1) is 9.67. The molecule has 20 heavy (non-hydrogen) atoms. The molecule has 0 radical (unpaired) electrons. The molecule has 4 nitrogen and oxygen atoms in total. The molecule has 4 heteroatoms. The topological polar surface area (TPSA) is 43.8 Å². The number of aliphatic hydroxyl groups excluding tert-OH is 1. The third-order valence-corrected chi connectivity index (χ3v) is 4.00. The number of rotatable bonds is 5. The fraction of sp³-hybridized carbons (Fsp3) is 0.562. The lowest BCUT2D eigenvalue weighted by Crippen LogP contribution is -2.42. The zero-order valence-electron chi connectivity index (χ0n) is 12.3. The van der Waals surface area contributed by atoms with Crippen LogP contribution >= 0.6 is 0 Å². The van der Waals surface area contributed by atoms with Gasteiger partial charge in [-0.15, -0.1) is 0 Å². The van der Waals surface area contributed by atoms with Crippen molar-refractivity contribution in [2.24, 2.45) is 0 Å². The summed E-state index contributed by atoms with van der Waals surface area (Å²) >= 11 is 0. The minimum Gasteiger partial charge on any atom is -0.391 e. The van der Waals surface area contributed by atoms with Gasteiger partial charge in [0.2, 0.25) is 5.91 Å². The van der Waals surface area contributed by atoms with Gasteiger partial charge in [0.1, 0.15) is 6.04 Å². The molecule has 0 spiro atoms. The fourth-order valence-electron chi connectivity index (χ4n) is 2.85. The molecule has 1 unspecified atom stereocenters. The second-order valence-corrected chi connectivity index (χ2v) is 5.26. The van der Waals surface area contributed by atoms with Gasteiger partial charge in [0, 0.05) is 13.1 Å². The molecule has 0 aromatic heterocycles. The van der Waals surface area contributed by atoms with Gasteiger partial charge in [-0.2, -0.15) is 0 Å². The second-order valence-electron chi connectivity index (χ2n) is 5.26. The van der Waals surface area contributed by atoms with Crippen molar-refractivity contribution in [2.45, 2.75) is 32.4 Å². The molecular formula is C16H24N2O2. The summed E-state index contributed by atoms with van der Waals surface area (Å²) in [6.07, 6.45) is 0.318.